The van der Waals surface area contributed by atoms with Crippen LogP contribution in [0.1, 0.15) is 10.4 Å². The van der Waals surface area contributed by atoms with E-state index < -0.39 is 32.9 Å². The summed E-state index contributed by atoms with van der Waals surface area (Å²) in [7, 11) is -4.35. The van der Waals surface area contributed by atoms with Crippen molar-refractivity contribution >= 4 is 21.6 Å². The van der Waals surface area contributed by atoms with Crippen molar-refractivity contribution in [2.45, 2.75) is 11.3 Å². The number of rotatable bonds is 6. The van der Waals surface area contributed by atoms with Gasteiger partial charge in [-0.3, -0.25) is 4.79 Å². The first kappa shape index (κ1) is 23.8. The van der Waals surface area contributed by atoms with Crippen LogP contribution in [0.15, 0.2) is 71.9 Å². The third-order valence-electron chi connectivity index (χ3n) is 5.03. The highest BCUT2D eigenvalue weighted by Gasteiger charge is 2.36. The summed E-state index contributed by atoms with van der Waals surface area (Å²) in [6.07, 6.45) is -1.49. The molecule has 0 unspecified atom stereocenters. The van der Waals surface area contributed by atoms with Crippen molar-refractivity contribution in [3.05, 3.63) is 72.6 Å². The van der Waals surface area contributed by atoms with E-state index in [1.807, 2.05) is 12.1 Å². The smallest absolute Gasteiger partial charge is 0.404 e. The van der Waals surface area contributed by atoms with Crippen molar-refractivity contribution in [3.8, 4) is 11.4 Å². The summed E-state index contributed by atoms with van der Waals surface area (Å²) >= 11 is 0. The third-order valence-corrected chi connectivity index (χ3v) is 6.95. The van der Waals surface area contributed by atoms with Crippen LogP contribution in [-0.2, 0) is 14.8 Å². The summed E-state index contributed by atoms with van der Waals surface area (Å²) in [6.45, 7) is 0.193. The summed E-state index contributed by atoms with van der Waals surface area (Å²) in [5.74, 6) is -1.44. The number of aromatic nitrogens is 1. The summed E-state index contributed by atoms with van der Waals surface area (Å²) in [6, 6.07) is 13.3. The number of nitrogens with one attached hydrogen (secondary N) is 1. The van der Waals surface area contributed by atoms with Gasteiger partial charge < -0.3 is 19.4 Å². The van der Waals surface area contributed by atoms with Crippen molar-refractivity contribution in [1.82, 2.24) is 8.87 Å². The van der Waals surface area contributed by atoms with E-state index in [1.54, 1.807) is 41.2 Å². The first-order chi connectivity index (χ1) is 16.1. The predicted octanol–water partition coefficient (Wildman–Crippen LogP) is 3.65. The molecule has 1 aliphatic heterocycles. The zero-order valence-corrected chi connectivity index (χ0v) is 18.5. The number of halogens is 3. The molecule has 1 aromatic heterocycles. The van der Waals surface area contributed by atoms with E-state index >= 15 is 0 Å². The lowest BCUT2D eigenvalue weighted by atomic mass is 10.1. The molecule has 0 saturated carbocycles. The van der Waals surface area contributed by atoms with Gasteiger partial charge in [0.25, 0.3) is 5.91 Å². The van der Waals surface area contributed by atoms with Crippen LogP contribution in [0, 0.1) is 0 Å². The second kappa shape index (κ2) is 9.49. The Kier molecular flexibility index (Phi) is 6.64. The van der Waals surface area contributed by atoms with Crippen LogP contribution in [0.25, 0.3) is 5.69 Å². The maximum atomic E-state index is 13.1. The molecule has 180 valence electrons. The van der Waals surface area contributed by atoms with Gasteiger partial charge in [0.2, 0.25) is 10.0 Å². The van der Waals surface area contributed by atoms with Gasteiger partial charge in [0.05, 0.1) is 13.2 Å². The first-order valence-corrected chi connectivity index (χ1v) is 11.6. The number of alkyl halides is 3. The highest BCUT2D eigenvalue weighted by Crippen LogP contribution is 2.34. The Balaban J connectivity index is 1.64. The summed E-state index contributed by atoms with van der Waals surface area (Å²) < 4.78 is 76.8. The summed E-state index contributed by atoms with van der Waals surface area (Å²) in [5, 5.41) is 2.54. The summed E-state index contributed by atoms with van der Waals surface area (Å²) in [5.41, 5.74) is 0.999. The molecule has 34 heavy (non-hydrogen) atoms. The van der Waals surface area contributed by atoms with Crippen LogP contribution in [-0.4, -0.2) is 55.9 Å². The Bertz CT molecular complexity index is 1270. The molecule has 1 amide bonds. The Morgan fingerprint density at radius 2 is 1.71 bits per heavy atom. The molecular weight excluding hydrogens is 475 g/mol. The lowest BCUT2D eigenvalue weighted by Crippen LogP contribution is -2.40. The van der Waals surface area contributed by atoms with Gasteiger partial charge in [-0.1, -0.05) is 6.07 Å². The van der Waals surface area contributed by atoms with Crippen LogP contribution in [0.5, 0.6) is 5.75 Å². The van der Waals surface area contributed by atoms with E-state index in [1.165, 1.54) is 0 Å². The topological polar surface area (TPSA) is 89.9 Å². The fraction of sp³-hybridized carbons (Fsp3) is 0.227. The molecule has 0 spiro atoms. The number of nitrogens with zero attached hydrogens (tertiary/aromatic N) is 2. The molecule has 1 fully saturated rings. The second-order valence-electron chi connectivity index (χ2n) is 7.32. The van der Waals surface area contributed by atoms with E-state index in [0.717, 1.165) is 28.2 Å². The predicted molar refractivity (Wildman–Crippen MR) is 116 cm³/mol. The molecular formula is C22H20F3N3O5S. The fourth-order valence-corrected chi connectivity index (χ4v) is 4.99. The van der Waals surface area contributed by atoms with Gasteiger partial charge in [0.1, 0.15) is 10.6 Å². The van der Waals surface area contributed by atoms with Crippen LogP contribution < -0.4 is 10.1 Å². The number of benzene rings is 2. The average molecular weight is 495 g/mol. The number of hydrogen-bond acceptors (Lipinski definition) is 5. The van der Waals surface area contributed by atoms with Crippen molar-refractivity contribution < 1.29 is 35.9 Å². The second-order valence-corrected chi connectivity index (χ2v) is 9.23. The number of ether oxygens (including phenoxy) is 2. The van der Waals surface area contributed by atoms with E-state index in [2.05, 4.69) is 10.1 Å². The molecule has 1 aliphatic rings. The SMILES string of the molecule is O=C(Nc1ccc(OC(F)(F)F)c(S(=O)(=O)N2CCOCC2)c1)c1cccc(-n2cccc2)c1. The monoisotopic (exact) mass is 495 g/mol. The lowest BCUT2D eigenvalue weighted by molar-refractivity contribution is -0.275. The van der Waals surface area contributed by atoms with Crippen molar-refractivity contribution in [3.63, 3.8) is 0 Å². The Morgan fingerprint density at radius 1 is 1.00 bits per heavy atom. The maximum absolute atomic E-state index is 13.1. The molecule has 0 radical (unpaired) electrons. The molecule has 0 bridgehead atoms. The maximum Gasteiger partial charge on any atom is 0.573 e. The summed E-state index contributed by atoms with van der Waals surface area (Å²) in [4.78, 5) is 12.1. The van der Waals surface area contributed by atoms with Crippen LogP contribution >= 0.6 is 0 Å². The zero-order valence-electron chi connectivity index (χ0n) is 17.7. The number of sulfonamides is 1. The highest BCUT2D eigenvalue weighted by atomic mass is 32.2. The Hall–Kier alpha value is -3.35. The first-order valence-electron chi connectivity index (χ1n) is 10.2. The van der Waals surface area contributed by atoms with Crippen molar-refractivity contribution in [2.24, 2.45) is 0 Å². The Morgan fingerprint density at radius 3 is 2.38 bits per heavy atom. The Labute approximate surface area is 193 Å². The van der Waals surface area contributed by atoms with Gasteiger partial charge in [-0.25, -0.2) is 8.42 Å². The highest BCUT2D eigenvalue weighted by molar-refractivity contribution is 7.89. The number of amides is 1. The number of morpholine rings is 1. The molecule has 0 aliphatic carbocycles. The molecule has 2 aromatic carbocycles. The number of hydrogen-bond donors (Lipinski definition) is 1. The van der Waals surface area contributed by atoms with Gasteiger partial charge in [-0.15, -0.1) is 13.2 Å². The minimum Gasteiger partial charge on any atom is -0.404 e. The van der Waals surface area contributed by atoms with E-state index in [0.29, 0.717) is 0 Å². The number of carbonyl (C=O) groups is 1. The average Bonchev–Trinajstić information content (AvgIpc) is 3.35. The number of carbonyl (C=O) groups excluding carboxylic acids is 1. The number of anilines is 1. The van der Waals surface area contributed by atoms with Gasteiger partial charge in [-0.2, -0.15) is 4.31 Å². The van der Waals surface area contributed by atoms with E-state index in [9.17, 15) is 26.4 Å². The molecule has 1 saturated heterocycles. The van der Waals surface area contributed by atoms with Gasteiger partial charge in [0.15, 0.2) is 0 Å². The van der Waals surface area contributed by atoms with E-state index in [-0.39, 0.29) is 37.6 Å². The molecule has 8 nitrogen and oxygen atoms in total. The fourth-order valence-electron chi connectivity index (χ4n) is 3.44. The minimum absolute atomic E-state index is 0.00211. The van der Waals surface area contributed by atoms with Gasteiger partial charge >= 0.3 is 6.36 Å². The molecule has 12 heteroatoms. The standard InChI is InChI=1S/C22H20F3N3O5S/c23-22(24,25)33-19-7-6-17(15-20(19)34(30,31)28-10-12-32-13-11-28)26-21(29)16-4-3-5-18(14-16)27-8-1-2-9-27/h1-9,14-15H,10-13H2,(H,26,29). The van der Waals surface area contributed by atoms with Gasteiger partial charge in [0, 0.05) is 42.4 Å². The van der Waals surface area contributed by atoms with Crippen molar-refractivity contribution in [1.29, 1.82) is 0 Å². The molecule has 3 aromatic rings. The quantitative estimate of drug-likeness (QED) is 0.564. The minimum atomic E-state index is -5.10. The van der Waals surface area contributed by atoms with Gasteiger partial charge in [-0.05, 0) is 48.5 Å². The normalized spacial score (nSPS) is 15.1. The largest absolute Gasteiger partial charge is 0.573 e. The molecule has 0 atom stereocenters. The van der Waals surface area contributed by atoms with Crippen LogP contribution in [0.4, 0.5) is 18.9 Å². The van der Waals surface area contributed by atoms with Crippen molar-refractivity contribution in [2.75, 3.05) is 31.6 Å². The lowest BCUT2D eigenvalue weighted by Gasteiger charge is -2.27. The van der Waals surface area contributed by atoms with Crippen LogP contribution in [0.2, 0.25) is 0 Å². The molecule has 2 heterocycles. The zero-order chi connectivity index (χ0) is 24.3. The molecule has 1 N–H and O–H groups in total. The third kappa shape index (κ3) is 5.41. The van der Waals surface area contributed by atoms with E-state index in [4.69, 9.17) is 4.74 Å². The molecule has 4 rings (SSSR count). The van der Waals surface area contributed by atoms with Crippen LogP contribution in [0.3, 0.4) is 0 Å².